The second-order valence-electron chi connectivity index (χ2n) is 6.73. The van der Waals surface area contributed by atoms with Crippen molar-refractivity contribution in [3.05, 3.63) is 51.5 Å². The Labute approximate surface area is 170 Å². The Morgan fingerprint density at radius 1 is 1.34 bits per heavy atom. The fraction of sp³-hybridized carbons (Fsp3) is 0.350. The topological polar surface area (TPSA) is 103 Å². The van der Waals surface area contributed by atoms with Crippen LogP contribution in [-0.2, 0) is 27.3 Å². The van der Waals surface area contributed by atoms with Crippen LogP contribution in [0.25, 0.3) is 10.9 Å². The summed E-state index contributed by atoms with van der Waals surface area (Å²) in [7, 11) is 0. The van der Waals surface area contributed by atoms with Crippen LogP contribution in [-0.4, -0.2) is 33.0 Å². The summed E-state index contributed by atoms with van der Waals surface area (Å²) < 4.78 is 6.53. The molecule has 1 aliphatic rings. The minimum absolute atomic E-state index is 0.117. The molecule has 2 heterocycles. The van der Waals surface area contributed by atoms with Gasteiger partial charge in [0.25, 0.3) is 5.56 Å². The fourth-order valence-corrected chi connectivity index (χ4v) is 4.48. The number of anilines is 1. The molecule has 0 unspecified atom stereocenters. The quantitative estimate of drug-likeness (QED) is 0.624. The number of esters is 1. The molecule has 0 bridgehead atoms. The van der Waals surface area contributed by atoms with Crippen LogP contribution in [0, 0.1) is 0 Å². The summed E-state index contributed by atoms with van der Waals surface area (Å²) in [6.45, 7) is 2.33. The summed E-state index contributed by atoms with van der Waals surface area (Å²) >= 11 is 1.38. The van der Waals surface area contributed by atoms with Crippen molar-refractivity contribution in [2.75, 3.05) is 11.9 Å². The first-order valence-electron chi connectivity index (χ1n) is 9.47. The minimum Gasteiger partial charge on any atom is -0.465 e. The molecule has 3 aromatic rings. The van der Waals surface area contributed by atoms with Crippen molar-refractivity contribution in [1.82, 2.24) is 14.5 Å². The number of nitrogens with zero attached hydrogens (tertiary/aromatic N) is 3. The molecular formula is C20H20N4O4S. The summed E-state index contributed by atoms with van der Waals surface area (Å²) in [4.78, 5) is 46.6. The van der Waals surface area contributed by atoms with Gasteiger partial charge in [-0.1, -0.05) is 12.1 Å². The zero-order chi connectivity index (χ0) is 20.4. The monoisotopic (exact) mass is 412 g/mol. The normalized spacial score (nSPS) is 15.3. The molecule has 1 aromatic carbocycles. The SMILES string of the molecule is CCOC(=O)[C@@H]1CCc2sc(NC(=O)CCn3cnc4ccccc4c3=O)nc21. The largest absolute Gasteiger partial charge is 0.465 e. The van der Waals surface area contributed by atoms with E-state index >= 15 is 0 Å². The second-order valence-corrected chi connectivity index (χ2v) is 7.81. The number of hydrogen-bond acceptors (Lipinski definition) is 7. The van der Waals surface area contributed by atoms with Gasteiger partial charge in [-0.2, -0.15) is 0 Å². The molecule has 1 N–H and O–H groups in total. The highest BCUT2D eigenvalue weighted by Gasteiger charge is 2.33. The smallest absolute Gasteiger partial charge is 0.315 e. The number of amides is 1. The molecule has 0 saturated heterocycles. The number of para-hydroxylation sites is 1. The molecule has 1 amide bonds. The van der Waals surface area contributed by atoms with Crippen molar-refractivity contribution in [3.8, 4) is 0 Å². The number of aromatic nitrogens is 3. The van der Waals surface area contributed by atoms with Crippen LogP contribution in [0.2, 0.25) is 0 Å². The molecule has 150 valence electrons. The van der Waals surface area contributed by atoms with E-state index in [1.807, 2.05) is 6.07 Å². The van der Waals surface area contributed by atoms with Gasteiger partial charge in [0.05, 0.1) is 29.5 Å². The van der Waals surface area contributed by atoms with Gasteiger partial charge in [0.15, 0.2) is 5.13 Å². The standard InChI is InChI=1S/C20H20N4O4S/c1-2-28-19(27)13-7-8-15-17(13)23-20(29-15)22-16(25)9-10-24-11-21-14-6-4-3-5-12(14)18(24)26/h3-6,11,13H,2,7-10H2,1H3,(H,22,23,25)/t13-/m1/s1. The van der Waals surface area contributed by atoms with Crippen molar-refractivity contribution in [1.29, 1.82) is 0 Å². The zero-order valence-electron chi connectivity index (χ0n) is 15.9. The molecule has 0 fully saturated rings. The fourth-order valence-electron chi connectivity index (χ4n) is 3.42. The van der Waals surface area contributed by atoms with Crippen molar-refractivity contribution in [2.45, 2.75) is 38.6 Å². The molecule has 8 nitrogen and oxygen atoms in total. The van der Waals surface area contributed by atoms with Crippen molar-refractivity contribution in [3.63, 3.8) is 0 Å². The molecule has 0 saturated carbocycles. The van der Waals surface area contributed by atoms with E-state index in [1.54, 1.807) is 25.1 Å². The van der Waals surface area contributed by atoms with E-state index < -0.39 is 0 Å². The van der Waals surface area contributed by atoms with Gasteiger partial charge in [0.1, 0.15) is 5.92 Å². The first-order valence-corrected chi connectivity index (χ1v) is 10.3. The Kier molecular flexibility index (Phi) is 5.39. The maximum absolute atomic E-state index is 12.5. The van der Waals surface area contributed by atoms with Crippen molar-refractivity contribution in [2.24, 2.45) is 0 Å². The van der Waals surface area contributed by atoms with Crippen LogP contribution in [0.5, 0.6) is 0 Å². The van der Waals surface area contributed by atoms with Crippen LogP contribution < -0.4 is 10.9 Å². The molecule has 0 aliphatic heterocycles. The number of carbonyl (C=O) groups excluding carboxylic acids is 2. The third kappa shape index (κ3) is 3.91. The maximum Gasteiger partial charge on any atom is 0.315 e. The predicted molar refractivity (Wildman–Crippen MR) is 109 cm³/mol. The van der Waals surface area contributed by atoms with Gasteiger partial charge in [0.2, 0.25) is 5.91 Å². The molecule has 2 aromatic heterocycles. The molecule has 1 atom stereocenters. The lowest BCUT2D eigenvalue weighted by Crippen LogP contribution is -2.23. The Bertz CT molecular complexity index is 1140. The van der Waals surface area contributed by atoms with Gasteiger partial charge in [-0.25, -0.2) is 9.97 Å². The van der Waals surface area contributed by atoms with Crippen LogP contribution in [0.4, 0.5) is 5.13 Å². The number of carbonyl (C=O) groups is 2. The maximum atomic E-state index is 12.5. The van der Waals surface area contributed by atoms with E-state index in [-0.39, 0.29) is 36.3 Å². The van der Waals surface area contributed by atoms with Crippen LogP contribution >= 0.6 is 11.3 Å². The van der Waals surface area contributed by atoms with Gasteiger partial charge in [-0.15, -0.1) is 11.3 Å². The number of rotatable bonds is 6. The molecule has 0 spiro atoms. The summed E-state index contributed by atoms with van der Waals surface area (Å²) in [6, 6.07) is 7.11. The Morgan fingerprint density at radius 2 is 2.17 bits per heavy atom. The van der Waals surface area contributed by atoms with Gasteiger partial charge in [-0.05, 0) is 31.9 Å². The molecule has 9 heteroatoms. The van der Waals surface area contributed by atoms with Gasteiger partial charge in [0, 0.05) is 17.8 Å². The number of nitrogens with one attached hydrogen (secondary N) is 1. The number of ether oxygens (including phenoxy) is 1. The van der Waals surface area contributed by atoms with E-state index in [4.69, 9.17) is 4.74 Å². The molecular weight excluding hydrogens is 392 g/mol. The molecule has 4 rings (SSSR count). The van der Waals surface area contributed by atoms with Gasteiger partial charge < -0.3 is 10.1 Å². The molecule has 29 heavy (non-hydrogen) atoms. The van der Waals surface area contributed by atoms with E-state index in [9.17, 15) is 14.4 Å². The summed E-state index contributed by atoms with van der Waals surface area (Å²) in [6.07, 6.45) is 3.02. The van der Waals surface area contributed by atoms with Crippen LogP contribution in [0.15, 0.2) is 35.4 Å². The second kappa shape index (κ2) is 8.12. The Balaban J connectivity index is 1.40. The Hall–Kier alpha value is -3.07. The third-order valence-electron chi connectivity index (χ3n) is 4.85. The average molecular weight is 412 g/mol. The lowest BCUT2D eigenvalue weighted by Gasteiger charge is -2.08. The van der Waals surface area contributed by atoms with E-state index in [2.05, 4.69) is 15.3 Å². The van der Waals surface area contributed by atoms with Crippen molar-refractivity contribution >= 4 is 39.2 Å². The Morgan fingerprint density at radius 3 is 3.00 bits per heavy atom. The summed E-state index contributed by atoms with van der Waals surface area (Å²) in [5.41, 5.74) is 1.17. The highest BCUT2D eigenvalue weighted by atomic mass is 32.1. The third-order valence-corrected chi connectivity index (χ3v) is 5.89. The minimum atomic E-state index is -0.353. The predicted octanol–water partition coefficient (Wildman–Crippen LogP) is 2.47. The van der Waals surface area contributed by atoms with Gasteiger partial charge in [-0.3, -0.25) is 19.0 Å². The van der Waals surface area contributed by atoms with Gasteiger partial charge >= 0.3 is 5.97 Å². The van der Waals surface area contributed by atoms with Crippen LogP contribution in [0.1, 0.15) is 36.3 Å². The molecule has 1 aliphatic carbocycles. The van der Waals surface area contributed by atoms with E-state index in [0.29, 0.717) is 34.8 Å². The number of aryl methyl sites for hydroxylation is 2. The van der Waals surface area contributed by atoms with Crippen LogP contribution in [0.3, 0.4) is 0 Å². The number of fused-ring (bicyclic) bond motifs is 2. The highest BCUT2D eigenvalue weighted by Crippen LogP contribution is 2.38. The van der Waals surface area contributed by atoms with E-state index in [1.165, 1.54) is 22.2 Å². The average Bonchev–Trinajstić information content (AvgIpc) is 3.28. The number of hydrogen-bond donors (Lipinski definition) is 1. The summed E-state index contributed by atoms with van der Waals surface area (Å²) in [5, 5.41) is 3.77. The first kappa shape index (κ1) is 19.3. The zero-order valence-corrected chi connectivity index (χ0v) is 16.7. The lowest BCUT2D eigenvalue weighted by molar-refractivity contribution is -0.145. The first-order chi connectivity index (χ1) is 14.1. The van der Waals surface area contributed by atoms with E-state index in [0.717, 1.165) is 11.3 Å². The highest BCUT2D eigenvalue weighted by molar-refractivity contribution is 7.16. The summed E-state index contributed by atoms with van der Waals surface area (Å²) in [5.74, 6) is -0.864. The number of benzene rings is 1. The van der Waals surface area contributed by atoms with Crippen molar-refractivity contribution < 1.29 is 14.3 Å². The molecule has 0 radical (unpaired) electrons. The lowest BCUT2D eigenvalue weighted by atomic mass is 10.1. The number of thiazole rings is 1.